The normalized spacial score (nSPS) is 24.7. The van der Waals surface area contributed by atoms with Crippen LogP contribution >= 0.6 is 0 Å². The van der Waals surface area contributed by atoms with Crippen molar-refractivity contribution < 1.29 is 8.42 Å². The fourth-order valence-electron chi connectivity index (χ4n) is 2.57. The van der Waals surface area contributed by atoms with E-state index in [1.165, 1.54) is 5.56 Å². The van der Waals surface area contributed by atoms with Gasteiger partial charge in [0.25, 0.3) is 0 Å². The monoisotopic (exact) mass is 280 g/mol. The molecule has 0 spiro atoms. The van der Waals surface area contributed by atoms with Crippen LogP contribution in [0, 0.1) is 0 Å². The van der Waals surface area contributed by atoms with Crippen LogP contribution in [0.15, 0.2) is 30.3 Å². The maximum atomic E-state index is 12.1. The third-order valence-corrected chi connectivity index (χ3v) is 5.75. The zero-order valence-corrected chi connectivity index (χ0v) is 11.8. The van der Waals surface area contributed by atoms with Gasteiger partial charge >= 0.3 is 0 Å². The Morgan fingerprint density at radius 3 is 2.58 bits per heavy atom. The predicted molar refractivity (Wildman–Crippen MR) is 75.2 cm³/mol. The summed E-state index contributed by atoms with van der Waals surface area (Å²) >= 11 is 0. The molecule has 4 nitrogen and oxygen atoms in total. The Labute approximate surface area is 114 Å². The maximum absolute atomic E-state index is 12.1. The van der Waals surface area contributed by atoms with Crippen molar-refractivity contribution in [2.75, 3.05) is 13.1 Å². The van der Waals surface area contributed by atoms with Gasteiger partial charge in [0.05, 0.1) is 5.25 Å². The summed E-state index contributed by atoms with van der Waals surface area (Å²) in [6.45, 7) is 2.36. The van der Waals surface area contributed by atoms with Crippen LogP contribution in [0.3, 0.4) is 0 Å². The van der Waals surface area contributed by atoms with Gasteiger partial charge in [-0.15, -0.1) is 0 Å². The number of nitrogens with one attached hydrogen (secondary N) is 1. The van der Waals surface area contributed by atoms with Gasteiger partial charge in [-0.3, -0.25) is 4.90 Å². The van der Waals surface area contributed by atoms with E-state index in [0.717, 1.165) is 32.4 Å². The third kappa shape index (κ3) is 3.35. The fraction of sp³-hybridized carbons (Fsp3) is 0.571. The van der Waals surface area contributed by atoms with E-state index in [9.17, 15) is 8.42 Å². The molecule has 1 unspecified atom stereocenters. The lowest BCUT2D eigenvalue weighted by Gasteiger charge is -2.16. The van der Waals surface area contributed by atoms with E-state index in [2.05, 4.69) is 21.8 Å². The molecule has 1 saturated heterocycles. The SMILES string of the molecule is O=S(=O)(NC1CC1)C1CCN(Cc2ccccc2)C1. The standard InChI is InChI=1S/C14H20N2O2S/c17-19(18,15-13-6-7-13)14-8-9-16(11-14)10-12-4-2-1-3-5-12/h1-5,13-15H,6-11H2. The lowest BCUT2D eigenvalue weighted by molar-refractivity contribution is 0.331. The Morgan fingerprint density at radius 2 is 1.89 bits per heavy atom. The molecule has 1 atom stereocenters. The van der Waals surface area contributed by atoms with Crippen LogP contribution in [0.2, 0.25) is 0 Å². The average molecular weight is 280 g/mol. The second-order valence-corrected chi connectivity index (χ2v) is 7.56. The van der Waals surface area contributed by atoms with E-state index in [-0.39, 0.29) is 11.3 Å². The van der Waals surface area contributed by atoms with Gasteiger partial charge in [0, 0.05) is 19.1 Å². The molecule has 0 aromatic heterocycles. The Bertz CT molecular complexity index is 526. The van der Waals surface area contributed by atoms with Gasteiger partial charge in [0.15, 0.2) is 0 Å². The quantitative estimate of drug-likeness (QED) is 0.885. The van der Waals surface area contributed by atoms with Gasteiger partial charge in [0.2, 0.25) is 10.0 Å². The summed E-state index contributed by atoms with van der Waals surface area (Å²) in [6.07, 6.45) is 2.74. The van der Waals surface area contributed by atoms with Gasteiger partial charge in [-0.25, -0.2) is 13.1 Å². The molecule has 1 heterocycles. The molecular formula is C14H20N2O2S. The minimum absolute atomic E-state index is 0.216. The van der Waals surface area contributed by atoms with Crippen LogP contribution in [-0.4, -0.2) is 37.7 Å². The summed E-state index contributed by atoms with van der Waals surface area (Å²) < 4.78 is 27.1. The van der Waals surface area contributed by atoms with Crippen LogP contribution in [-0.2, 0) is 16.6 Å². The first-order chi connectivity index (χ1) is 9.13. The van der Waals surface area contributed by atoms with Crippen molar-refractivity contribution in [3.63, 3.8) is 0 Å². The molecule has 2 aliphatic rings. The van der Waals surface area contributed by atoms with E-state index in [0.29, 0.717) is 6.54 Å². The van der Waals surface area contributed by atoms with Crippen molar-refractivity contribution in [1.29, 1.82) is 0 Å². The number of likely N-dealkylation sites (tertiary alicyclic amines) is 1. The summed E-state index contributed by atoms with van der Waals surface area (Å²) in [6, 6.07) is 10.4. The zero-order chi connectivity index (χ0) is 13.3. The largest absolute Gasteiger partial charge is 0.298 e. The van der Waals surface area contributed by atoms with E-state index in [1.54, 1.807) is 0 Å². The molecule has 1 aromatic rings. The Balaban J connectivity index is 1.57. The van der Waals surface area contributed by atoms with Gasteiger partial charge < -0.3 is 0 Å². The molecule has 2 fully saturated rings. The predicted octanol–water partition coefficient (Wildman–Crippen LogP) is 1.34. The highest BCUT2D eigenvalue weighted by molar-refractivity contribution is 7.90. The maximum Gasteiger partial charge on any atom is 0.216 e. The number of hydrogen-bond donors (Lipinski definition) is 1. The smallest absolute Gasteiger partial charge is 0.216 e. The highest BCUT2D eigenvalue weighted by Crippen LogP contribution is 2.24. The Hall–Kier alpha value is -0.910. The number of hydrogen-bond acceptors (Lipinski definition) is 3. The highest BCUT2D eigenvalue weighted by atomic mass is 32.2. The first-order valence-corrected chi connectivity index (χ1v) is 8.45. The number of benzene rings is 1. The first kappa shape index (κ1) is 13.1. The minimum Gasteiger partial charge on any atom is -0.298 e. The summed E-state index contributed by atoms with van der Waals surface area (Å²) in [5.41, 5.74) is 1.25. The molecule has 0 bridgehead atoms. The fourth-order valence-corrected chi connectivity index (χ4v) is 4.28. The van der Waals surface area contributed by atoms with Crippen LogP contribution in [0.4, 0.5) is 0 Å². The van der Waals surface area contributed by atoms with Crippen molar-refractivity contribution in [3.05, 3.63) is 35.9 Å². The average Bonchev–Trinajstić information content (AvgIpc) is 3.05. The molecule has 3 rings (SSSR count). The van der Waals surface area contributed by atoms with Gasteiger partial charge in [0.1, 0.15) is 0 Å². The first-order valence-electron chi connectivity index (χ1n) is 6.91. The third-order valence-electron chi connectivity index (χ3n) is 3.83. The van der Waals surface area contributed by atoms with Crippen LogP contribution in [0.1, 0.15) is 24.8 Å². The second-order valence-electron chi connectivity index (χ2n) is 5.57. The number of rotatable bonds is 5. The molecule has 19 heavy (non-hydrogen) atoms. The van der Waals surface area contributed by atoms with Gasteiger partial charge in [-0.05, 0) is 31.4 Å². The summed E-state index contributed by atoms with van der Waals surface area (Å²) in [7, 11) is -3.11. The highest BCUT2D eigenvalue weighted by Gasteiger charge is 2.36. The summed E-state index contributed by atoms with van der Waals surface area (Å²) in [5, 5.41) is -0.239. The van der Waals surface area contributed by atoms with Crippen LogP contribution in [0.5, 0.6) is 0 Å². The number of nitrogens with zero attached hydrogens (tertiary/aromatic N) is 1. The zero-order valence-electron chi connectivity index (χ0n) is 11.0. The Morgan fingerprint density at radius 1 is 1.16 bits per heavy atom. The lowest BCUT2D eigenvalue weighted by atomic mass is 10.2. The molecular weight excluding hydrogens is 260 g/mol. The van der Waals surface area contributed by atoms with Gasteiger partial charge in [-0.1, -0.05) is 30.3 Å². The molecule has 1 saturated carbocycles. The van der Waals surface area contributed by atoms with E-state index in [4.69, 9.17) is 0 Å². The van der Waals surface area contributed by atoms with Gasteiger partial charge in [-0.2, -0.15) is 0 Å². The van der Waals surface area contributed by atoms with Crippen molar-refractivity contribution >= 4 is 10.0 Å². The topological polar surface area (TPSA) is 49.4 Å². The van der Waals surface area contributed by atoms with Crippen molar-refractivity contribution in [2.24, 2.45) is 0 Å². The summed E-state index contributed by atoms with van der Waals surface area (Å²) in [4.78, 5) is 2.23. The Kier molecular flexibility index (Phi) is 3.60. The van der Waals surface area contributed by atoms with Crippen molar-refractivity contribution in [1.82, 2.24) is 9.62 Å². The molecule has 0 radical (unpaired) electrons. The van der Waals surface area contributed by atoms with E-state index >= 15 is 0 Å². The van der Waals surface area contributed by atoms with Crippen molar-refractivity contribution in [2.45, 2.75) is 37.1 Å². The molecule has 5 heteroatoms. The van der Waals surface area contributed by atoms with Crippen LogP contribution < -0.4 is 4.72 Å². The van der Waals surface area contributed by atoms with E-state index < -0.39 is 10.0 Å². The molecule has 104 valence electrons. The molecule has 1 aliphatic heterocycles. The molecule has 1 aromatic carbocycles. The molecule has 1 N–H and O–H groups in total. The van der Waals surface area contributed by atoms with E-state index in [1.807, 2.05) is 18.2 Å². The second kappa shape index (κ2) is 5.23. The van der Waals surface area contributed by atoms with Crippen LogP contribution in [0.25, 0.3) is 0 Å². The number of sulfonamides is 1. The van der Waals surface area contributed by atoms with Crippen molar-refractivity contribution in [3.8, 4) is 0 Å². The minimum atomic E-state index is -3.11. The molecule has 1 aliphatic carbocycles. The molecule has 0 amide bonds. The summed E-state index contributed by atoms with van der Waals surface area (Å²) in [5.74, 6) is 0. The lowest BCUT2D eigenvalue weighted by Crippen LogP contribution is -2.37.